The highest BCUT2D eigenvalue weighted by Crippen LogP contribution is 2.42. The predicted octanol–water partition coefficient (Wildman–Crippen LogP) is 6.10. The van der Waals surface area contributed by atoms with Gasteiger partial charge in [-0.2, -0.15) is 5.10 Å². The number of fused-ring (bicyclic) bond motifs is 1. The van der Waals surface area contributed by atoms with E-state index in [1.807, 2.05) is 30.7 Å². The highest BCUT2D eigenvalue weighted by Gasteiger charge is 2.50. The van der Waals surface area contributed by atoms with Crippen molar-refractivity contribution < 1.29 is 18.4 Å². The third-order valence-electron chi connectivity index (χ3n) is 8.06. The Kier molecular flexibility index (Phi) is 10.5. The summed E-state index contributed by atoms with van der Waals surface area (Å²) in [6, 6.07) is 5.13. The molecular formula is C34H47N7O4Si2. The number of nitrogens with zero attached hydrogens (tertiary/aromatic N) is 6. The zero-order valence-electron chi connectivity index (χ0n) is 29.6. The maximum Gasteiger partial charge on any atom is 0.247 e. The minimum Gasteiger partial charge on any atom is -0.412 e. The van der Waals surface area contributed by atoms with Crippen LogP contribution in [0.5, 0.6) is 0 Å². The van der Waals surface area contributed by atoms with E-state index < -0.39 is 11.1 Å². The lowest BCUT2D eigenvalue weighted by molar-refractivity contribution is -0.117. The number of hydrogen-bond acceptors (Lipinski definition) is 8. The van der Waals surface area contributed by atoms with Gasteiger partial charge in [-0.05, 0) is 69.8 Å². The molecule has 0 aliphatic rings. The van der Waals surface area contributed by atoms with Crippen LogP contribution >= 0.6 is 0 Å². The lowest BCUT2D eigenvalue weighted by Crippen LogP contribution is -2.59. The van der Waals surface area contributed by atoms with Gasteiger partial charge in [0.15, 0.2) is 5.78 Å². The number of rotatable bonds is 12. The average Bonchev–Trinajstić information content (AvgIpc) is 3.52. The van der Waals surface area contributed by atoms with Crippen LogP contribution in [-0.2, 0) is 25.7 Å². The summed E-state index contributed by atoms with van der Waals surface area (Å²) in [4.78, 5) is 40.3. The largest absolute Gasteiger partial charge is 0.412 e. The van der Waals surface area contributed by atoms with Gasteiger partial charge in [0.2, 0.25) is 25.4 Å². The van der Waals surface area contributed by atoms with Crippen LogP contribution in [0, 0.1) is 13.8 Å². The lowest BCUT2D eigenvalue weighted by atomic mass is 9.79. The summed E-state index contributed by atoms with van der Waals surface area (Å²) in [5.41, 5.74) is 1.58. The van der Waals surface area contributed by atoms with Gasteiger partial charge in [0.05, 0.1) is 28.5 Å². The molecule has 0 fully saturated rings. The zero-order valence-corrected chi connectivity index (χ0v) is 31.6. The van der Waals surface area contributed by atoms with E-state index >= 15 is 0 Å². The van der Waals surface area contributed by atoms with Crippen LogP contribution in [0.1, 0.15) is 96.5 Å². The first-order chi connectivity index (χ1) is 21.7. The third kappa shape index (κ3) is 8.32. The first-order valence-corrected chi connectivity index (χ1v) is 17.5. The van der Waals surface area contributed by atoms with Gasteiger partial charge in [-0.25, -0.2) is 15.0 Å². The minimum absolute atomic E-state index is 0.0278. The van der Waals surface area contributed by atoms with Gasteiger partial charge in [0, 0.05) is 35.2 Å². The molecule has 1 amide bonds. The van der Waals surface area contributed by atoms with Crippen LogP contribution in [0.3, 0.4) is 0 Å². The van der Waals surface area contributed by atoms with Crippen LogP contribution in [-0.4, -0.2) is 72.2 Å². The molecular weight excluding hydrogens is 627 g/mol. The summed E-state index contributed by atoms with van der Waals surface area (Å²) in [7, 11) is 0.467. The number of nitrogens with one attached hydrogen (secondary N) is 1. The molecule has 250 valence electrons. The molecule has 0 saturated carbocycles. The number of aryl methyl sites for hydroxylation is 2. The summed E-state index contributed by atoms with van der Waals surface area (Å²) in [5.74, 6) is -0.268. The number of aromatic nitrogens is 6. The number of amides is 1. The molecule has 4 radical (unpaired) electrons. The third-order valence-corrected chi connectivity index (χ3v) is 10.4. The molecule has 0 aliphatic carbocycles. The summed E-state index contributed by atoms with van der Waals surface area (Å²) in [6.07, 6.45) is 6.19. The van der Waals surface area contributed by atoms with Crippen LogP contribution < -0.4 is 5.32 Å². The molecule has 0 bridgehead atoms. The number of anilines is 1. The topological polar surface area (TPSA) is 126 Å². The molecule has 0 saturated heterocycles. The lowest BCUT2D eigenvalue weighted by Gasteiger charge is -2.50. The van der Waals surface area contributed by atoms with Crippen molar-refractivity contribution in [3.05, 3.63) is 65.6 Å². The van der Waals surface area contributed by atoms with Crippen molar-refractivity contribution in [2.24, 2.45) is 0 Å². The fraction of sp³-hybridized carbons (Fsp3) is 0.529. The Bertz CT molecular complexity index is 1750. The fourth-order valence-electron chi connectivity index (χ4n) is 5.19. The molecule has 13 heteroatoms. The number of carbonyl (C=O) groups excluding carboxylic acids is 2. The quantitative estimate of drug-likeness (QED) is 0.141. The van der Waals surface area contributed by atoms with Gasteiger partial charge in [-0.1, -0.05) is 41.5 Å². The molecule has 2 unspecified atom stereocenters. The molecule has 47 heavy (non-hydrogen) atoms. The summed E-state index contributed by atoms with van der Waals surface area (Å²) >= 11 is 0. The second-order valence-electron chi connectivity index (χ2n) is 14.8. The SMILES string of the molecule is Cc1cc(C)n(CC(=O)Nc2cc(C(=O)c3cn(C(C)(C(C)O[Si]C(C)(C)C)C(C)(C)O[Si]C(C)(C)C)c4ncncc34)ccn2)n1. The van der Waals surface area contributed by atoms with Gasteiger partial charge < -0.3 is 18.7 Å². The van der Waals surface area contributed by atoms with Gasteiger partial charge in [0.25, 0.3) is 0 Å². The van der Waals surface area contributed by atoms with Crippen molar-refractivity contribution in [3.8, 4) is 0 Å². The normalized spacial score (nSPS) is 14.6. The Morgan fingerprint density at radius 2 is 1.66 bits per heavy atom. The van der Waals surface area contributed by atoms with Gasteiger partial charge in [0.1, 0.15) is 24.3 Å². The van der Waals surface area contributed by atoms with Crippen LogP contribution in [0.2, 0.25) is 10.1 Å². The maximum absolute atomic E-state index is 14.2. The summed E-state index contributed by atoms with van der Waals surface area (Å²) in [6.45, 7) is 25.0. The monoisotopic (exact) mass is 673 g/mol. The van der Waals surface area contributed by atoms with Gasteiger partial charge in [-0.15, -0.1) is 0 Å². The van der Waals surface area contributed by atoms with E-state index in [2.05, 4.69) is 94.6 Å². The first-order valence-electron chi connectivity index (χ1n) is 15.7. The van der Waals surface area contributed by atoms with E-state index in [0.717, 1.165) is 11.4 Å². The van der Waals surface area contributed by atoms with Crippen LogP contribution in [0.15, 0.2) is 43.1 Å². The first kappa shape index (κ1) is 36.3. The Morgan fingerprint density at radius 3 is 2.28 bits per heavy atom. The Balaban J connectivity index is 1.74. The van der Waals surface area contributed by atoms with Crippen molar-refractivity contribution >= 4 is 48.1 Å². The summed E-state index contributed by atoms with van der Waals surface area (Å²) < 4.78 is 17.0. The average molecular weight is 674 g/mol. The van der Waals surface area contributed by atoms with Crippen molar-refractivity contribution in [1.82, 2.24) is 29.3 Å². The molecule has 4 aromatic rings. The van der Waals surface area contributed by atoms with Gasteiger partial charge >= 0.3 is 0 Å². The second-order valence-corrected chi connectivity index (χ2v) is 18.6. The molecule has 4 heterocycles. The molecule has 0 spiro atoms. The molecule has 2 atom stereocenters. The highest BCUT2D eigenvalue weighted by molar-refractivity contribution is 6.32. The molecule has 0 aliphatic heterocycles. The standard InChI is InChI=1S/C34H47N7O4Si2/c1-21-15-22(2)41(39-21)19-28(42)38-27-16-24(13-14-36-27)29(43)26-18-40(30-25(26)17-35-20-37-30)34(12,23(3)44-46-31(4,5)6)33(10,11)45-47-32(7,8)9/h13-18,20,23H,19H2,1-12H3,(H,36,38,42). The number of hydrogen-bond donors (Lipinski definition) is 1. The van der Waals surface area contributed by atoms with Crippen molar-refractivity contribution in [3.63, 3.8) is 0 Å². The maximum atomic E-state index is 14.2. The Morgan fingerprint density at radius 1 is 0.979 bits per heavy atom. The van der Waals surface area contributed by atoms with Crippen molar-refractivity contribution in [2.45, 2.75) is 117 Å². The van der Waals surface area contributed by atoms with E-state index in [1.54, 1.807) is 23.0 Å². The minimum atomic E-state index is -0.797. The van der Waals surface area contributed by atoms with E-state index in [9.17, 15) is 9.59 Å². The number of ketones is 1. The smallest absolute Gasteiger partial charge is 0.247 e. The molecule has 0 aromatic carbocycles. The van der Waals surface area contributed by atoms with E-state index in [0.29, 0.717) is 22.2 Å². The zero-order chi connectivity index (χ0) is 34.9. The molecule has 4 rings (SSSR count). The molecule has 4 aromatic heterocycles. The van der Waals surface area contributed by atoms with E-state index in [4.69, 9.17) is 8.85 Å². The summed E-state index contributed by atoms with van der Waals surface area (Å²) in [5, 5.41) is 7.70. The van der Waals surface area contributed by atoms with Crippen LogP contribution in [0.4, 0.5) is 5.82 Å². The van der Waals surface area contributed by atoms with E-state index in [1.165, 1.54) is 12.5 Å². The van der Waals surface area contributed by atoms with Crippen LogP contribution in [0.25, 0.3) is 11.0 Å². The fourth-order valence-corrected chi connectivity index (χ4v) is 6.72. The molecule has 11 nitrogen and oxygen atoms in total. The van der Waals surface area contributed by atoms with Crippen molar-refractivity contribution in [2.75, 3.05) is 5.32 Å². The Labute approximate surface area is 283 Å². The van der Waals surface area contributed by atoms with E-state index in [-0.39, 0.29) is 59.8 Å². The highest BCUT2D eigenvalue weighted by atomic mass is 28.2. The Hall–Kier alpha value is -3.53. The number of pyridine rings is 1. The molecule has 1 N–H and O–H groups in total. The second kappa shape index (κ2) is 13.5. The van der Waals surface area contributed by atoms with Crippen molar-refractivity contribution in [1.29, 1.82) is 0 Å². The van der Waals surface area contributed by atoms with Gasteiger partial charge in [-0.3, -0.25) is 14.3 Å². The number of carbonyl (C=O) groups is 2. The predicted molar refractivity (Wildman–Crippen MR) is 186 cm³/mol.